The molecule has 2 unspecified atom stereocenters. The second-order valence-corrected chi connectivity index (χ2v) is 6.29. The van der Waals surface area contributed by atoms with E-state index in [1.807, 2.05) is 12.1 Å². The molecule has 19 heavy (non-hydrogen) atoms. The Morgan fingerprint density at radius 1 is 1.00 bits per heavy atom. The van der Waals surface area contributed by atoms with E-state index in [-0.39, 0.29) is 11.7 Å². The van der Waals surface area contributed by atoms with Gasteiger partial charge >= 0.3 is 0 Å². The van der Waals surface area contributed by atoms with E-state index in [1.54, 1.807) is 6.26 Å². The van der Waals surface area contributed by atoms with Crippen LogP contribution in [0.15, 0.2) is 22.8 Å². The van der Waals surface area contributed by atoms with Crippen LogP contribution in [0, 0.1) is 17.8 Å². The molecule has 2 heteroatoms. The minimum Gasteiger partial charge on any atom is -0.461 e. The number of ketones is 1. The minimum absolute atomic E-state index is 0.225. The number of hydrogen-bond donors (Lipinski definition) is 0. The van der Waals surface area contributed by atoms with Crippen LogP contribution in [0.4, 0.5) is 0 Å². The van der Waals surface area contributed by atoms with Crippen LogP contribution in [-0.2, 0) is 0 Å². The van der Waals surface area contributed by atoms with E-state index < -0.39 is 0 Å². The standard InChI is InChI=1S/C17H24O2/c18-17(16-11-6-12-19-16)15-10-5-4-9-14(15)13-7-2-1-3-8-13/h6,11-15H,1-5,7-10H2. The van der Waals surface area contributed by atoms with Crippen LogP contribution >= 0.6 is 0 Å². The summed E-state index contributed by atoms with van der Waals surface area (Å²) in [4.78, 5) is 12.6. The fourth-order valence-electron chi connectivity index (χ4n) is 4.21. The van der Waals surface area contributed by atoms with Crippen molar-refractivity contribution in [3.8, 4) is 0 Å². The first-order valence-corrected chi connectivity index (χ1v) is 7.94. The topological polar surface area (TPSA) is 30.2 Å². The molecule has 3 rings (SSSR count). The first-order chi connectivity index (χ1) is 9.36. The van der Waals surface area contributed by atoms with Gasteiger partial charge in [-0.25, -0.2) is 0 Å². The number of carbonyl (C=O) groups excluding carboxylic acids is 1. The van der Waals surface area contributed by atoms with Gasteiger partial charge in [-0.1, -0.05) is 44.9 Å². The molecule has 2 aliphatic rings. The van der Waals surface area contributed by atoms with E-state index in [0.717, 1.165) is 12.3 Å². The Morgan fingerprint density at radius 3 is 2.47 bits per heavy atom. The summed E-state index contributed by atoms with van der Waals surface area (Å²) < 4.78 is 5.33. The summed E-state index contributed by atoms with van der Waals surface area (Å²) in [6.07, 6.45) is 13.3. The van der Waals surface area contributed by atoms with Crippen molar-refractivity contribution in [1.29, 1.82) is 0 Å². The molecule has 104 valence electrons. The third kappa shape index (κ3) is 2.77. The van der Waals surface area contributed by atoms with Gasteiger partial charge in [0.2, 0.25) is 5.78 Å². The SMILES string of the molecule is O=C(c1ccco1)C1CCCCC1C1CCCCC1. The molecule has 0 saturated heterocycles. The molecule has 1 heterocycles. The highest BCUT2D eigenvalue weighted by atomic mass is 16.3. The van der Waals surface area contributed by atoms with Crippen LogP contribution in [0.2, 0.25) is 0 Å². The van der Waals surface area contributed by atoms with E-state index in [2.05, 4.69) is 0 Å². The van der Waals surface area contributed by atoms with Gasteiger partial charge in [-0.05, 0) is 36.8 Å². The van der Waals surface area contributed by atoms with Crippen LogP contribution in [0.1, 0.15) is 68.3 Å². The van der Waals surface area contributed by atoms with Crippen molar-refractivity contribution in [3.63, 3.8) is 0 Å². The molecular formula is C17H24O2. The van der Waals surface area contributed by atoms with Crippen LogP contribution in [0.25, 0.3) is 0 Å². The smallest absolute Gasteiger partial charge is 0.201 e. The van der Waals surface area contributed by atoms with E-state index in [4.69, 9.17) is 4.42 Å². The van der Waals surface area contributed by atoms with E-state index >= 15 is 0 Å². The van der Waals surface area contributed by atoms with Gasteiger partial charge in [-0.15, -0.1) is 0 Å². The Labute approximate surface area is 115 Å². The van der Waals surface area contributed by atoms with Crippen LogP contribution in [0.3, 0.4) is 0 Å². The number of rotatable bonds is 3. The summed E-state index contributed by atoms with van der Waals surface area (Å²) >= 11 is 0. The maximum atomic E-state index is 12.6. The molecule has 2 fully saturated rings. The molecule has 0 N–H and O–H groups in total. The number of carbonyl (C=O) groups is 1. The summed E-state index contributed by atoms with van der Waals surface area (Å²) in [6.45, 7) is 0. The molecule has 0 bridgehead atoms. The molecule has 1 aromatic rings. The first kappa shape index (κ1) is 13.0. The Kier molecular flexibility index (Phi) is 4.05. The van der Waals surface area contributed by atoms with Crippen molar-refractivity contribution in [3.05, 3.63) is 24.2 Å². The average Bonchev–Trinajstić information content (AvgIpc) is 3.02. The lowest BCUT2D eigenvalue weighted by atomic mass is 9.66. The predicted octanol–water partition coefficient (Wildman–Crippen LogP) is 4.85. The molecule has 2 aliphatic carbocycles. The Morgan fingerprint density at radius 2 is 1.74 bits per heavy atom. The van der Waals surface area contributed by atoms with Crippen molar-refractivity contribution >= 4 is 5.78 Å². The maximum absolute atomic E-state index is 12.6. The van der Waals surface area contributed by atoms with Crippen molar-refractivity contribution in [2.75, 3.05) is 0 Å². The lowest BCUT2D eigenvalue weighted by molar-refractivity contribution is 0.0684. The molecule has 1 aromatic heterocycles. The average molecular weight is 260 g/mol. The van der Waals surface area contributed by atoms with Crippen LogP contribution < -0.4 is 0 Å². The zero-order chi connectivity index (χ0) is 13.1. The highest BCUT2D eigenvalue weighted by Gasteiger charge is 2.37. The van der Waals surface area contributed by atoms with Crippen LogP contribution in [-0.4, -0.2) is 5.78 Å². The molecule has 0 spiro atoms. The molecular weight excluding hydrogens is 236 g/mol. The van der Waals surface area contributed by atoms with Gasteiger partial charge in [0.1, 0.15) is 0 Å². The predicted molar refractivity (Wildman–Crippen MR) is 75.1 cm³/mol. The van der Waals surface area contributed by atoms with E-state index in [9.17, 15) is 4.79 Å². The minimum atomic E-state index is 0.225. The number of hydrogen-bond acceptors (Lipinski definition) is 2. The Hall–Kier alpha value is -1.05. The fourth-order valence-corrected chi connectivity index (χ4v) is 4.21. The van der Waals surface area contributed by atoms with Gasteiger partial charge in [0, 0.05) is 5.92 Å². The van der Waals surface area contributed by atoms with Crippen LogP contribution in [0.5, 0.6) is 0 Å². The molecule has 0 aromatic carbocycles. The van der Waals surface area contributed by atoms with Gasteiger partial charge in [0.05, 0.1) is 6.26 Å². The van der Waals surface area contributed by atoms with Gasteiger partial charge in [-0.2, -0.15) is 0 Å². The number of Topliss-reactive ketones (excluding diaryl/α,β-unsaturated/α-hetero) is 1. The number of furan rings is 1. The molecule has 0 amide bonds. The van der Waals surface area contributed by atoms with Gasteiger partial charge in [-0.3, -0.25) is 4.79 Å². The highest BCUT2D eigenvalue weighted by molar-refractivity contribution is 5.95. The zero-order valence-electron chi connectivity index (χ0n) is 11.6. The quantitative estimate of drug-likeness (QED) is 0.727. The van der Waals surface area contributed by atoms with Gasteiger partial charge in [0.15, 0.2) is 5.76 Å². The summed E-state index contributed by atoms with van der Waals surface area (Å²) in [7, 11) is 0. The summed E-state index contributed by atoms with van der Waals surface area (Å²) in [5, 5.41) is 0. The van der Waals surface area contributed by atoms with Crippen molar-refractivity contribution in [1.82, 2.24) is 0 Å². The molecule has 0 radical (unpaired) electrons. The van der Waals surface area contributed by atoms with E-state index in [1.165, 1.54) is 51.4 Å². The first-order valence-electron chi connectivity index (χ1n) is 7.94. The van der Waals surface area contributed by atoms with Crippen molar-refractivity contribution < 1.29 is 9.21 Å². The lowest BCUT2D eigenvalue weighted by Gasteiger charge is -2.38. The van der Waals surface area contributed by atoms with Crippen molar-refractivity contribution in [2.24, 2.45) is 17.8 Å². The zero-order valence-corrected chi connectivity index (χ0v) is 11.6. The Bertz CT molecular complexity index is 401. The maximum Gasteiger partial charge on any atom is 0.201 e. The normalized spacial score (nSPS) is 29.3. The molecule has 2 nitrogen and oxygen atoms in total. The summed E-state index contributed by atoms with van der Waals surface area (Å²) in [6, 6.07) is 3.65. The Balaban J connectivity index is 1.74. The van der Waals surface area contributed by atoms with Gasteiger partial charge < -0.3 is 4.42 Å². The lowest BCUT2D eigenvalue weighted by Crippen LogP contribution is -2.33. The van der Waals surface area contributed by atoms with Gasteiger partial charge in [0.25, 0.3) is 0 Å². The molecule has 0 aliphatic heterocycles. The highest BCUT2D eigenvalue weighted by Crippen LogP contribution is 2.42. The largest absolute Gasteiger partial charge is 0.461 e. The summed E-state index contributed by atoms with van der Waals surface area (Å²) in [5.74, 6) is 2.47. The van der Waals surface area contributed by atoms with E-state index in [0.29, 0.717) is 11.7 Å². The third-order valence-electron chi connectivity index (χ3n) is 5.18. The molecule has 2 atom stereocenters. The summed E-state index contributed by atoms with van der Waals surface area (Å²) in [5.41, 5.74) is 0. The van der Waals surface area contributed by atoms with Crippen molar-refractivity contribution in [2.45, 2.75) is 57.8 Å². The fraction of sp³-hybridized carbons (Fsp3) is 0.706. The monoisotopic (exact) mass is 260 g/mol. The second-order valence-electron chi connectivity index (χ2n) is 6.29. The molecule has 2 saturated carbocycles. The third-order valence-corrected chi connectivity index (χ3v) is 5.18. The second kappa shape index (κ2) is 5.94.